The van der Waals surface area contributed by atoms with E-state index in [-0.39, 0.29) is 11.5 Å². The normalized spacial score (nSPS) is 15.7. The van der Waals surface area contributed by atoms with E-state index in [2.05, 4.69) is 39.2 Å². The summed E-state index contributed by atoms with van der Waals surface area (Å²) in [6.07, 6.45) is -2.89. The fourth-order valence-electron chi connectivity index (χ4n) is 3.92. The predicted molar refractivity (Wildman–Crippen MR) is 151 cm³/mol. The summed E-state index contributed by atoms with van der Waals surface area (Å²) in [5.74, 6) is -2.62. The van der Waals surface area contributed by atoms with E-state index in [1.807, 2.05) is 30.3 Å². The van der Waals surface area contributed by atoms with Gasteiger partial charge >= 0.3 is 12.1 Å². The molecule has 2 aromatic carbocycles. The minimum absolute atomic E-state index is 0.120. The molecule has 4 unspecified atom stereocenters. The maximum Gasteiger partial charge on any atom is 0.407 e. The van der Waals surface area contributed by atoms with E-state index in [0.29, 0.717) is 12.0 Å². The zero-order valence-corrected chi connectivity index (χ0v) is 25.0. The second-order valence-corrected chi connectivity index (χ2v) is 17.1. The smallest absolute Gasteiger partial charge is 0.407 e. The van der Waals surface area contributed by atoms with Gasteiger partial charge in [-0.3, -0.25) is 4.79 Å². The lowest BCUT2D eigenvalue weighted by atomic mass is 9.88. The van der Waals surface area contributed by atoms with Crippen LogP contribution in [0, 0.1) is 5.92 Å². The molecule has 0 bridgehead atoms. The third-order valence-corrected chi connectivity index (χ3v) is 11.5. The van der Waals surface area contributed by atoms with Crippen LogP contribution in [-0.4, -0.2) is 43.2 Å². The zero-order chi connectivity index (χ0) is 28.7. The van der Waals surface area contributed by atoms with E-state index in [1.54, 1.807) is 51.1 Å². The number of alkyl carbamates (subject to hydrolysis) is 1. The first-order valence-electron chi connectivity index (χ1n) is 13.1. The second kappa shape index (κ2) is 12.9. The van der Waals surface area contributed by atoms with Gasteiger partial charge in [-0.2, -0.15) is 0 Å². The number of carboxylic acid groups (broad SMARTS) is 1. The molecule has 0 aliphatic rings. The summed E-state index contributed by atoms with van der Waals surface area (Å²) in [7, 11) is -2.47. The zero-order valence-electron chi connectivity index (χ0n) is 24.0. The Bertz CT molecular complexity index is 1030. The third-order valence-electron chi connectivity index (χ3n) is 6.98. The Morgan fingerprint density at radius 2 is 1.47 bits per heavy atom. The third kappa shape index (κ3) is 9.55. The Balaban J connectivity index is 2.52. The molecule has 0 aliphatic carbocycles. The standard InChI is InChI=1S/C30H44FNO5Si/c1-29(2,3)36-28(35)32-24(19-21-15-11-9-12-16-21)25(37-38(7,8)30(4,5)6)20-23(27(33)34)26(31)22-17-13-10-14-18-22/h9-18,23-26H,19-20H2,1-8H3,(H,32,35)(H,33,34). The molecule has 210 valence electrons. The van der Waals surface area contributed by atoms with Crippen LogP contribution in [0.4, 0.5) is 9.18 Å². The van der Waals surface area contributed by atoms with Crippen molar-refractivity contribution >= 4 is 20.4 Å². The molecule has 0 aliphatic heterocycles. The number of benzene rings is 2. The van der Waals surface area contributed by atoms with Crippen LogP contribution in [0.25, 0.3) is 0 Å². The lowest BCUT2D eigenvalue weighted by Crippen LogP contribution is -2.54. The van der Waals surface area contributed by atoms with Gasteiger partial charge in [0.05, 0.1) is 18.1 Å². The molecule has 0 aromatic heterocycles. The van der Waals surface area contributed by atoms with Crippen molar-refractivity contribution in [1.82, 2.24) is 5.32 Å². The molecule has 1 amide bonds. The van der Waals surface area contributed by atoms with E-state index in [1.165, 1.54) is 0 Å². The Kier molecular flexibility index (Phi) is 10.7. The Hall–Kier alpha value is -2.71. The van der Waals surface area contributed by atoms with Crippen molar-refractivity contribution in [2.75, 3.05) is 0 Å². The first-order chi connectivity index (χ1) is 17.5. The fraction of sp³-hybridized carbons (Fsp3) is 0.533. The molecule has 38 heavy (non-hydrogen) atoms. The van der Waals surface area contributed by atoms with Gasteiger partial charge < -0.3 is 19.6 Å². The van der Waals surface area contributed by atoms with E-state index in [4.69, 9.17) is 9.16 Å². The number of carboxylic acids is 1. The molecule has 0 radical (unpaired) electrons. The van der Waals surface area contributed by atoms with Crippen molar-refractivity contribution < 1.29 is 28.2 Å². The molecule has 8 heteroatoms. The van der Waals surface area contributed by atoms with Gasteiger partial charge in [-0.15, -0.1) is 0 Å². The summed E-state index contributed by atoms with van der Waals surface area (Å²) in [6, 6.07) is 17.2. The molecule has 2 N–H and O–H groups in total. The summed E-state index contributed by atoms with van der Waals surface area (Å²) >= 11 is 0. The van der Waals surface area contributed by atoms with Crippen LogP contribution in [0.1, 0.15) is 65.3 Å². The Morgan fingerprint density at radius 3 is 1.95 bits per heavy atom. The quantitative estimate of drug-likeness (QED) is 0.289. The number of alkyl halides is 1. The number of amides is 1. The van der Waals surface area contributed by atoms with Gasteiger partial charge in [0.2, 0.25) is 0 Å². The number of hydrogen-bond acceptors (Lipinski definition) is 4. The van der Waals surface area contributed by atoms with Gasteiger partial charge in [-0.05, 0) is 62.9 Å². The van der Waals surface area contributed by atoms with Crippen molar-refractivity contribution in [3.63, 3.8) is 0 Å². The highest BCUT2D eigenvalue weighted by Gasteiger charge is 2.43. The van der Waals surface area contributed by atoms with Crippen LogP contribution in [0.15, 0.2) is 60.7 Å². The van der Waals surface area contributed by atoms with Crippen molar-refractivity contribution in [3.05, 3.63) is 71.8 Å². The maximum absolute atomic E-state index is 15.7. The van der Waals surface area contributed by atoms with E-state index >= 15 is 4.39 Å². The molecule has 0 saturated carbocycles. The molecule has 4 atom stereocenters. The highest BCUT2D eigenvalue weighted by Crippen LogP contribution is 2.40. The summed E-state index contributed by atoms with van der Waals surface area (Å²) in [6.45, 7) is 15.7. The average Bonchev–Trinajstić information content (AvgIpc) is 2.80. The van der Waals surface area contributed by atoms with Crippen LogP contribution in [0.2, 0.25) is 18.1 Å². The molecular weight excluding hydrogens is 501 g/mol. The van der Waals surface area contributed by atoms with Crippen molar-refractivity contribution in [2.24, 2.45) is 5.92 Å². The highest BCUT2D eigenvalue weighted by molar-refractivity contribution is 6.74. The summed E-state index contributed by atoms with van der Waals surface area (Å²) < 4.78 is 28.0. The van der Waals surface area contributed by atoms with E-state index in [0.717, 1.165) is 5.56 Å². The van der Waals surface area contributed by atoms with Gasteiger partial charge in [0.15, 0.2) is 8.32 Å². The molecule has 2 rings (SSSR count). The van der Waals surface area contributed by atoms with Gasteiger partial charge in [-0.25, -0.2) is 9.18 Å². The van der Waals surface area contributed by atoms with Crippen molar-refractivity contribution in [2.45, 2.75) is 96.4 Å². The summed E-state index contributed by atoms with van der Waals surface area (Å²) in [5, 5.41) is 12.9. The number of hydrogen-bond donors (Lipinski definition) is 2. The predicted octanol–water partition coefficient (Wildman–Crippen LogP) is 7.31. The van der Waals surface area contributed by atoms with Crippen LogP contribution in [0.3, 0.4) is 0 Å². The number of nitrogens with one attached hydrogen (secondary N) is 1. The highest BCUT2D eigenvalue weighted by atomic mass is 28.4. The number of rotatable bonds is 11. The monoisotopic (exact) mass is 545 g/mol. The van der Waals surface area contributed by atoms with Gasteiger partial charge in [0, 0.05) is 0 Å². The Labute approximate surface area is 228 Å². The van der Waals surface area contributed by atoms with Gasteiger partial charge in [0.25, 0.3) is 0 Å². The molecule has 0 spiro atoms. The number of carbonyl (C=O) groups is 2. The topological polar surface area (TPSA) is 84.9 Å². The first kappa shape index (κ1) is 31.5. The fourth-order valence-corrected chi connectivity index (χ4v) is 5.29. The second-order valence-electron chi connectivity index (χ2n) is 12.4. The average molecular weight is 546 g/mol. The number of carbonyl (C=O) groups excluding carboxylic acids is 1. The van der Waals surface area contributed by atoms with Crippen molar-refractivity contribution in [1.29, 1.82) is 0 Å². The molecule has 0 fully saturated rings. The van der Waals surface area contributed by atoms with E-state index < -0.39 is 50.2 Å². The molecule has 0 saturated heterocycles. The first-order valence-corrected chi connectivity index (χ1v) is 16.0. The van der Waals surface area contributed by atoms with Gasteiger partial charge in [0.1, 0.15) is 11.8 Å². The number of ether oxygens (including phenoxy) is 1. The minimum Gasteiger partial charge on any atom is -0.481 e. The summed E-state index contributed by atoms with van der Waals surface area (Å²) in [4.78, 5) is 25.3. The molecule has 2 aromatic rings. The number of halogens is 1. The maximum atomic E-state index is 15.7. The van der Waals surface area contributed by atoms with Crippen LogP contribution in [0.5, 0.6) is 0 Å². The van der Waals surface area contributed by atoms with Gasteiger partial charge in [-0.1, -0.05) is 81.4 Å². The molecular formula is C30H44FNO5Si. The lowest BCUT2D eigenvalue weighted by molar-refractivity contribution is -0.145. The lowest BCUT2D eigenvalue weighted by Gasteiger charge is -2.42. The largest absolute Gasteiger partial charge is 0.481 e. The Morgan fingerprint density at radius 1 is 0.947 bits per heavy atom. The number of aliphatic carboxylic acids is 1. The summed E-state index contributed by atoms with van der Waals surface area (Å²) in [5.41, 5.74) is 0.507. The van der Waals surface area contributed by atoms with Crippen molar-refractivity contribution in [3.8, 4) is 0 Å². The minimum atomic E-state index is -2.47. The molecule has 0 heterocycles. The molecule has 6 nitrogen and oxygen atoms in total. The van der Waals surface area contributed by atoms with Crippen LogP contribution in [-0.2, 0) is 20.4 Å². The van der Waals surface area contributed by atoms with Crippen LogP contribution < -0.4 is 5.32 Å². The van der Waals surface area contributed by atoms with E-state index in [9.17, 15) is 14.7 Å². The van der Waals surface area contributed by atoms with Crippen LogP contribution >= 0.6 is 0 Å². The SMILES string of the molecule is CC(C)(C)OC(=O)NC(Cc1ccccc1)C(CC(C(=O)O)C(F)c1ccccc1)O[Si](C)(C)C(C)(C)C.